The molecule has 1 aromatic carbocycles. The fourth-order valence-electron chi connectivity index (χ4n) is 3.05. The lowest BCUT2D eigenvalue weighted by Crippen LogP contribution is -2.43. The van der Waals surface area contributed by atoms with Gasteiger partial charge < -0.3 is 10.1 Å². The predicted molar refractivity (Wildman–Crippen MR) is 110 cm³/mol. The lowest BCUT2D eigenvalue weighted by atomic mass is 9.97. The quantitative estimate of drug-likeness (QED) is 0.456. The second-order valence-electron chi connectivity index (χ2n) is 6.40. The van der Waals surface area contributed by atoms with Crippen LogP contribution in [0, 0.1) is 5.92 Å². The summed E-state index contributed by atoms with van der Waals surface area (Å²) in [6.07, 6.45) is 2.39. The van der Waals surface area contributed by atoms with E-state index >= 15 is 0 Å². The van der Waals surface area contributed by atoms with E-state index in [4.69, 9.17) is 16.3 Å². The van der Waals surface area contributed by atoms with Gasteiger partial charge in [-0.15, -0.1) is 0 Å². The Morgan fingerprint density at radius 1 is 1.41 bits per heavy atom. The molecular weight excluding hydrogens is 438 g/mol. The summed E-state index contributed by atoms with van der Waals surface area (Å²) in [5.74, 6) is 0.846. The number of methoxy groups -OCH3 is 1. The van der Waals surface area contributed by atoms with Crippen LogP contribution in [0.15, 0.2) is 34.6 Å². The average Bonchev–Trinajstić information content (AvgIpc) is 3.24. The number of carbonyl (C=O) groups excluding carboxylic acids is 1. The van der Waals surface area contributed by atoms with Gasteiger partial charge in [0.25, 0.3) is 0 Å². The summed E-state index contributed by atoms with van der Waals surface area (Å²) in [4.78, 5) is 16.5. The van der Waals surface area contributed by atoms with Crippen LogP contribution in [0.3, 0.4) is 0 Å². The number of halogens is 1. The van der Waals surface area contributed by atoms with Crippen LogP contribution in [0.5, 0.6) is 5.75 Å². The molecule has 1 aliphatic heterocycles. The van der Waals surface area contributed by atoms with E-state index in [1.165, 1.54) is 47.7 Å². The van der Waals surface area contributed by atoms with Crippen molar-refractivity contribution in [2.75, 3.05) is 32.5 Å². The third-order valence-corrected chi connectivity index (χ3v) is 7.69. The van der Waals surface area contributed by atoms with Gasteiger partial charge in [-0.1, -0.05) is 23.4 Å². The molecule has 0 bridgehead atoms. The number of hydrogen-bond donors (Lipinski definition) is 2. The highest BCUT2D eigenvalue weighted by atomic mass is 35.5. The average molecular weight is 460 g/mol. The summed E-state index contributed by atoms with van der Waals surface area (Å²) in [6, 6.07) is 4.40. The predicted octanol–water partition coefficient (Wildman–Crippen LogP) is 1.78. The van der Waals surface area contributed by atoms with Gasteiger partial charge in [0, 0.05) is 31.3 Å². The number of benzene rings is 1. The molecule has 0 saturated carbocycles. The van der Waals surface area contributed by atoms with Gasteiger partial charge in [-0.25, -0.2) is 13.4 Å². The number of hydrogen-bond acceptors (Lipinski definition) is 7. The zero-order chi connectivity index (χ0) is 20.9. The zero-order valence-corrected chi connectivity index (χ0v) is 18.2. The number of sulfonamides is 1. The van der Waals surface area contributed by atoms with Crippen molar-refractivity contribution in [1.29, 1.82) is 0 Å². The monoisotopic (exact) mass is 459 g/mol. The van der Waals surface area contributed by atoms with Gasteiger partial charge >= 0.3 is 0 Å². The normalized spacial score (nSPS) is 15.9. The largest absolute Gasteiger partial charge is 0.495 e. The first-order valence-corrected chi connectivity index (χ1v) is 11.8. The molecule has 0 aliphatic carbocycles. The van der Waals surface area contributed by atoms with Crippen molar-refractivity contribution >= 4 is 39.3 Å². The third-order valence-electron chi connectivity index (χ3n) is 4.62. The number of nitrogens with zero attached hydrogens (tertiary/aromatic N) is 3. The molecule has 2 N–H and O–H groups in total. The van der Waals surface area contributed by atoms with Crippen LogP contribution < -0.4 is 10.1 Å². The summed E-state index contributed by atoms with van der Waals surface area (Å²) in [5, 5.41) is 10.3. The van der Waals surface area contributed by atoms with E-state index < -0.39 is 10.0 Å². The maximum atomic E-state index is 12.8. The van der Waals surface area contributed by atoms with Gasteiger partial charge in [0.2, 0.25) is 15.9 Å². The molecule has 12 heteroatoms. The van der Waals surface area contributed by atoms with Crippen molar-refractivity contribution in [3.8, 4) is 5.75 Å². The van der Waals surface area contributed by atoms with Gasteiger partial charge in [-0.2, -0.15) is 9.40 Å². The first kappa shape index (κ1) is 21.9. The van der Waals surface area contributed by atoms with Crippen LogP contribution in [0.4, 0.5) is 0 Å². The summed E-state index contributed by atoms with van der Waals surface area (Å²) in [6.45, 7) is 1.08. The fourth-order valence-corrected chi connectivity index (χ4v) is 5.50. The minimum atomic E-state index is -3.66. The van der Waals surface area contributed by atoms with Crippen LogP contribution in [0.2, 0.25) is 5.02 Å². The van der Waals surface area contributed by atoms with E-state index in [-0.39, 0.29) is 34.8 Å². The Balaban J connectivity index is 1.48. The number of ether oxygens (including phenoxy) is 1. The van der Waals surface area contributed by atoms with Gasteiger partial charge in [0.1, 0.15) is 12.1 Å². The summed E-state index contributed by atoms with van der Waals surface area (Å²) < 4.78 is 32.2. The van der Waals surface area contributed by atoms with Gasteiger partial charge in [-0.05, 0) is 31.0 Å². The Hall–Kier alpha value is -1.82. The Labute approximate surface area is 178 Å². The molecule has 0 unspecified atom stereocenters. The first-order chi connectivity index (χ1) is 13.9. The molecule has 1 saturated heterocycles. The van der Waals surface area contributed by atoms with Gasteiger partial charge in [0.15, 0.2) is 5.16 Å². The van der Waals surface area contributed by atoms with Gasteiger partial charge in [-0.3, -0.25) is 9.89 Å². The topological polar surface area (TPSA) is 117 Å². The summed E-state index contributed by atoms with van der Waals surface area (Å²) >= 11 is 7.53. The molecule has 1 aliphatic rings. The standard InChI is InChI=1S/C17H22ClN5O4S2/c1-27-15-3-2-13(10-14(15)18)29(25,26)23-7-4-12(5-8-23)16(24)19-6-9-28-17-20-11-21-22-17/h2-3,10-12H,4-9H2,1H3,(H,19,24)(H,20,21,22). The smallest absolute Gasteiger partial charge is 0.243 e. The van der Waals surface area contributed by atoms with Crippen molar-refractivity contribution < 1.29 is 17.9 Å². The maximum Gasteiger partial charge on any atom is 0.243 e. The Bertz CT molecular complexity index is 931. The van der Waals surface area contributed by atoms with Crippen molar-refractivity contribution in [1.82, 2.24) is 24.8 Å². The highest BCUT2D eigenvalue weighted by molar-refractivity contribution is 7.99. The highest BCUT2D eigenvalue weighted by Gasteiger charge is 2.32. The maximum absolute atomic E-state index is 12.8. The third kappa shape index (κ3) is 5.41. The van der Waals surface area contributed by atoms with E-state index in [2.05, 4.69) is 20.5 Å². The van der Waals surface area contributed by atoms with Crippen molar-refractivity contribution in [2.45, 2.75) is 22.9 Å². The molecule has 0 radical (unpaired) electrons. The van der Waals surface area contributed by atoms with Crippen LogP contribution in [-0.2, 0) is 14.8 Å². The van der Waals surface area contributed by atoms with Gasteiger partial charge in [0.05, 0.1) is 17.0 Å². The van der Waals surface area contributed by atoms with E-state index in [1.54, 1.807) is 0 Å². The molecule has 0 spiro atoms. The molecule has 1 fully saturated rings. The SMILES string of the molecule is COc1ccc(S(=O)(=O)N2CCC(C(=O)NCCSc3ncn[nH]3)CC2)cc1Cl. The minimum Gasteiger partial charge on any atom is -0.495 e. The van der Waals surface area contributed by atoms with Crippen LogP contribution in [-0.4, -0.2) is 66.3 Å². The Morgan fingerprint density at radius 3 is 2.79 bits per heavy atom. The highest BCUT2D eigenvalue weighted by Crippen LogP contribution is 2.30. The van der Waals surface area contributed by atoms with Crippen molar-refractivity contribution in [3.05, 3.63) is 29.5 Å². The second kappa shape index (κ2) is 9.79. The molecule has 0 atom stereocenters. The number of piperidine rings is 1. The molecule has 3 rings (SSSR count). The van der Waals surface area contributed by atoms with E-state index in [0.29, 0.717) is 36.0 Å². The van der Waals surface area contributed by atoms with E-state index in [1.807, 2.05) is 0 Å². The van der Waals surface area contributed by atoms with E-state index in [9.17, 15) is 13.2 Å². The second-order valence-corrected chi connectivity index (χ2v) is 9.83. The number of carbonyl (C=O) groups is 1. The van der Waals surface area contributed by atoms with Crippen LogP contribution in [0.1, 0.15) is 12.8 Å². The zero-order valence-electron chi connectivity index (χ0n) is 15.8. The molecule has 2 aromatic rings. The first-order valence-electron chi connectivity index (χ1n) is 9.01. The van der Waals surface area contributed by atoms with Crippen molar-refractivity contribution in [2.24, 2.45) is 5.92 Å². The van der Waals surface area contributed by atoms with Crippen LogP contribution >= 0.6 is 23.4 Å². The Kier molecular flexibility index (Phi) is 7.38. The Morgan fingerprint density at radius 2 is 2.17 bits per heavy atom. The molecule has 29 heavy (non-hydrogen) atoms. The molecular formula is C17H22ClN5O4S2. The molecule has 1 amide bonds. The summed E-state index contributed by atoms with van der Waals surface area (Å²) in [7, 11) is -2.19. The molecule has 158 valence electrons. The number of aromatic amines is 1. The lowest BCUT2D eigenvalue weighted by molar-refractivity contribution is -0.125. The number of rotatable bonds is 8. The number of aromatic nitrogens is 3. The summed E-state index contributed by atoms with van der Waals surface area (Å²) in [5.41, 5.74) is 0. The lowest BCUT2D eigenvalue weighted by Gasteiger charge is -2.30. The molecule has 9 nitrogen and oxygen atoms in total. The number of thioether (sulfide) groups is 1. The van der Waals surface area contributed by atoms with E-state index in [0.717, 1.165) is 0 Å². The number of H-pyrrole nitrogens is 1. The van der Waals surface area contributed by atoms with Crippen LogP contribution in [0.25, 0.3) is 0 Å². The minimum absolute atomic E-state index is 0.0484. The molecule has 2 heterocycles. The number of nitrogens with one attached hydrogen (secondary N) is 2. The van der Waals surface area contributed by atoms with Crippen molar-refractivity contribution in [3.63, 3.8) is 0 Å². The fraction of sp³-hybridized carbons (Fsp3) is 0.471. The number of amides is 1. The molecule has 1 aromatic heterocycles.